The van der Waals surface area contributed by atoms with Gasteiger partial charge in [-0.15, -0.1) is 0 Å². The molecular formula is C15H20ClNO2. The first-order valence-corrected chi connectivity index (χ1v) is 7.10. The van der Waals surface area contributed by atoms with Crippen molar-refractivity contribution in [1.82, 2.24) is 0 Å². The molecule has 1 aromatic carbocycles. The van der Waals surface area contributed by atoms with E-state index in [4.69, 9.17) is 16.3 Å². The monoisotopic (exact) mass is 281 g/mol. The number of ether oxygens (including phenoxy) is 1. The van der Waals surface area contributed by atoms with Gasteiger partial charge >= 0.3 is 0 Å². The lowest BCUT2D eigenvalue weighted by Crippen LogP contribution is -2.26. The Morgan fingerprint density at radius 3 is 2.74 bits per heavy atom. The number of hydrogen-bond acceptors (Lipinski definition) is 2. The Morgan fingerprint density at radius 2 is 2.21 bits per heavy atom. The molecule has 19 heavy (non-hydrogen) atoms. The van der Waals surface area contributed by atoms with Crippen molar-refractivity contribution in [1.29, 1.82) is 0 Å². The van der Waals surface area contributed by atoms with Gasteiger partial charge in [-0.2, -0.15) is 0 Å². The lowest BCUT2D eigenvalue weighted by atomic mass is 10.1. The highest BCUT2D eigenvalue weighted by molar-refractivity contribution is 6.32. The minimum absolute atomic E-state index is 0.107. The maximum Gasteiger partial charge on any atom is 0.229 e. The van der Waals surface area contributed by atoms with Crippen LogP contribution in [-0.2, 0) is 4.79 Å². The maximum atomic E-state index is 12.0. The second kappa shape index (κ2) is 5.83. The van der Waals surface area contributed by atoms with Crippen molar-refractivity contribution in [3.05, 3.63) is 23.2 Å². The fraction of sp³-hybridized carbons (Fsp3) is 0.533. The molecule has 1 aliphatic rings. The summed E-state index contributed by atoms with van der Waals surface area (Å²) in [7, 11) is 0. The number of carbonyl (C=O) groups is 1. The van der Waals surface area contributed by atoms with Gasteiger partial charge in [-0.05, 0) is 30.5 Å². The largest absolute Gasteiger partial charge is 0.492 e. The zero-order valence-corrected chi connectivity index (χ0v) is 12.4. The van der Waals surface area contributed by atoms with Crippen LogP contribution in [0.25, 0.3) is 0 Å². The van der Waals surface area contributed by atoms with Crippen molar-refractivity contribution in [3.8, 4) is 5.75 Å². The number of nitrogens with zero attached hydrogens (tertiary/aromatic N) is 1. The fourth-order valence-electron chi connectivity index (χ4n) is 2.11. The van der Waals surface area contributed by atoms with Gasteiger partial charge in [-0.25, -0.2) is 0 Å². The third-order valence-corrected chi connectivity index (χ3v) is 3.57. The summed E-state index contributed by atoms with van der Waals surface area (Å²) in [6, 6.07) is 5.56. The molecule has 1 aliphatic heterocycles. The second-order valence-electron chi connectivity index (χ2n) is 5.50. The predicted molar refractivity (Wildman–Crippen MR) is 77.9 cm³/mol. The molecule has 104 valence electrons. The number of benzene rings is 1. The van der Waals surface area contributed by atoms with E-state index < -0.39 is 0 Å². The molecule has 0 bridgehead atoms. The number of rotatable bonds is 4. The van der Waals surface area contributed by atoms with Crippen LogP contribution in [0.15, 0.2) is 18.2 Å². The highest BCUT2D eigenvalue weighted by Gasteiger charge is 2.29. The lowest BCUT2D eigenvalue weighted by molar-refractivity contribution is -0.119. The summed E-state index contributed by atoms with van der Waals surface area (Å²) in [6.45, 7) is 7.55. The van der Waals surface area contributed by atoms with Crippen molar-refractivity contribution in [2.45, 2.75) is 27.2 Å². The summed E-state index contributed by atoms with van der Waals surface area (Å²) in [6.07, 6.45) is 0.905. The van der Waals surface area contributed by atoms with Crippen molar-refractivity contribution in [2.24, 2.45) is 11.8 Å². The highest BCUT2D eigenvalue weighted by atomic mass is 35.5. The van der Waals surface area contributed by atoms with E-state index in [-0.39, 0.29) is 11.8 Å². The predicted octanol–water partition coefficient (Wildman–Crippen LogP) is 3.75. The first kappa shape index (κ1) is 14.2. The Morgan fingerprint density at radius 1 is 1.47 bits per heavy atom. The van der Waals surface area contributed by atoms with Crippen LogP contribution in [0.5, 0.6) is 5.75 Å². The average molecular weight is 282 g/mol. The van der Waals surface area contributed by atoms with Gasteiger partial charge in [0.2, 0.25) is 5.91 Å². The molecule has 0 aromatic heterocycles. The third kappa shape index (κ3) is 3.21. The molecule has 0 saturated carbocycles. The van der Waals surface area contributed by atoms with Crippen LogP contribution in [0.1, 0.15) is 27.2 Å². The standard InChI is InChI=1S/C15H20ClNO2/c1-10(2)9-19-14-5-4-12(8-13(14)16)17-7-6-11(3)15(17)18/h4-5,8,10-11H,6-7,9H2,1-3H3. The van der Waals surface area contributed by atoms with E-state index in [9.17, 15) is 4.79 Å². The van der Waals surface area contributed by atoms with Crippen LogP contribution in [0.2, 0.25) is 5.02 Å². The van der Waals surface area contributed by atoms with Gasteiger partial charge < -0.3 is 9.64 Å². The van der Waals surface area contributed by atoms with Crippen LogP contribution in [0, 0.1) is 11.8 Å². The van der Waals surface area contributed by atoms with Crippen molar-refractivity contribution in [2.75, 3.05) is 18.1 Å². The van der Waals surface area contributed by atoms with Crippen LogP contribution in [0.4, 0.5) is 5.69 Å². The number of hydrogen-bond donors (Lipinski definition) is 0. The Bertz CT molecular complexity index is 473. The summed E-state index contributed by atoms with van der Waals surface area (Å²) in [5, 5.41) is 0.561. The summed E-state index contributed by atoms with van der Waals surface area (Å²) < 4.78 is 5.63. The molecule has 1 saturated heterocycles. The van der Waals surface area contributed by atoms with Gasteiger partial charge in [0.25, 0.3) is 0 Å². The SMILES string of the molecule is CC(C)COc1ccc(N2CCC(C)C2=O)cc1Cl. The zero-order valence-electron chi connectivity index (χ0n) is 11.6. The molecule has 0 aliphatic carbocycles. The van der Waals surface area contributed by atoms with E-state index in [2.05, 4.69) is 13.8 Å². The number of anilines is 1. The first-order chi connectivity index (χ1) is 8.99. The second-order valence-corrected chi connectivity index (χ2v) is 5.91. The highest BCUT2D eigenvalue weighted by Crippen LogP contribution is 2.32. The first-order valence-electron chi connectivity index (χ1n) is 6.72. The van der Waals surface area contributed by atoms with Crippen LogP contribution < -0.4 is 9.64 Å². The number of amides is 1. The van der Waals surface area contributed by atoms with Crippen molar-refractivity contribution >= 4 is 23.2 Å². The van der Waals surface area contributed by atoms with Gasteiger partial charge in [0.1, 0.15) is 5.75 Å². The Labute approximate surface area is 119 Å². The molecule has 1 unspecified atom stereocenters. The van der Waals surface area contributed by atoms with Gasteiger partial charge in [-0.1, -0.05) is 32.4 Å². The summed E-state index contributed by atoms with van der Waals surface area (Å²) in [5.41, 5.74) is 0.858. The normalized spacial score (nSPS) is 19.3. The summed E-state index contributed by atoms with van der Waals surface area (Å²) >= 11 is 6.21. The summed E-state index contributed by atoms with van der Waals surface area (Å²) in [5.74, 6) is 1.41. The van der Waals surface area contributed by atoms with Crippen molar-refractivity contribution < 1.29 is 9.53 Å². The average Bonchev–Trinajstić information content (AvgIpc) is 2.68. The van der Waals surface area contributed by atoms with Crippen LogP contribution >= 0.6 is 11.6 Å². The lowest BCUT2D eigenvalue weighted by Gasteiger charge is -2.18. The molecule has 1 amide bonds. The zero-order chi connectivity index (χ0) is 14.0. The molecule has 3 nitrogen and oxygen atoms in total. The topological polar surface area (TPSA) is 29.5 Å². The Balaban J connectivity index is 2.13. The van der Waals surface area contributed by atoms with Crippen LogP contribution in [0.3, 0.4) is 0 Å². The molecule has 4 heteroatoms. The minimum Gasteiger partial charge on any atom is -0.492 e. The molecule has 0 spiro atoms. The molecule has 1 aromatic rings. The molecule has 1 fully saturated rings. The fourth-order valence-corrected chi connectivity index (χ4v) is 2.34. The van der Waals surface area contributed by atoms with E-state index >= 15 is 0 Å². The Kier molecular flexibility index (Phi) is 4.35. The quantitative estimate of drug-likeness (QED) is 0.841. The van der Waals surface area contributed by atoms with Gasteiger partial charge in [0, 0.05) is 18.2 Å². The van der Waals surface area contributed by atoms with E-state index in [1.807, 2.05) is 25.1 Å². The van der Waals surface area contributed by atoms with E-state index in [0.29, 0.717) is 23.3 Å². The number of halogens is 1. The molecule has 0 N–H and O–H groups in total. The van der Waals surface area contributed by atoms with Crippen LogP contribution in [-0.4, -0.2) is 19.1 Å². The summed E-state index contributed by atoms with van der Waals surface area (Å²) in [4.78, 5) is 13.8. The van der Waals surface area contributed by atoms with Crippen molar-refractivity contribution in [3.63, 3.8) is 0 Å². The molecular weight excluding hydrogens is 262 g/mol. The molecule has 1 heterocycles. The van der Waals surface area contributed by atoms with E-state index in [1.54, 1.807) is 4.90 Å². The minimum atomic E-state index is 0.107. The van der Waals surface area contributed by atoms with Gasteiger partial charge in [-0.3, -0.25) is 4.79 Å². The molecule has 2 rings (SSSR count). The maximum absolute atomic E-state index is 12.0. The molecule has 0 radical (unpaired) electrons. The van der Waals surface area contributed by atoms with Gasteiger partial charge in [0.15, 0.2) is 0 Å². The van der Waals surface area contributed by atoms with E-state index in [0.717, 1.165) is 18.7 Å². The number of carbonyl (C=O) groups excluding carboxylic acids is 1. The third-order valence-electron chi connectivity index (χ3n) is 3.27. The van der Waals surface area contributed by atoms with E-state index in [1.165, 1.54) is 0 Å². The van der Waals surface area contributed by atoms with Gasteiger partial charge in [0.05, 0.1) is 11.6 Å². The molecule has 1 atom stereocenters. The smallest absolute Gasteiger partial charge is 0.229 e. The Hall–Kier alpha value is -1.22.